The van der Waals surface area contributed by atoms with Crippen molar-refractivity contribution in [2.24, 2.45) is 11.7 Å². The van der Waals surface area contributed by atoms with Gasteiger partial charge in [0.05, 0.1) is 6.61 Å². The number of carbonyl (C=O) groups is 1. The summed E-state index contributed by atoms with van der Waals surface area (Å²) in [7, 11) is 0. The first kappa shape index (κ1) is 16.2. The second-order valence-electron chi connectivity index (χ2n) is 5.15. The molecule has 0 aromatic carbocycles. The molecular formula is C12H21F3N2O2. The van der Waals surface area contributed by atoms with Crippen molar-refractivity contribution in [2.45, 2.75) is 44.3 Å². The van der Waals surface area contributed by atoms with Crippen LogP contribution in [0.4, 0.5) is 13.2 Å². The molecule has 0 bridgehead atoms. The average molecular weight is 282 g/mol. The third-order valence-electron chi connectivity index (χ3n) is 3.38. The van der Waals surface area contributed by atoms with Crippen LogP contribution in [-0.2, 0) is 4.79 Å². The van der Waals surface area contributed by atoms with E-state index in [0.717, 1.165) is 19.3 Å². The van der Waals surface area contributed by atoms with Gasteiger partial charge >= 0.3 is 6.18 Å². The number of rotatable bonds is 5. The van der Waals surface area contributed by atoms with Crippen LogP contribution < -0.4 is 5.73 Å². The molecule has 7 heteroatoms. The summed E-state index contributed by atoms with van der Waals surface area (Å²) < 4.78 is 37.0. The zero-order chi connectivity index (χ0) is 14.5. The molecule has 0 radical (unpaired) electrons. The summed E-state index contributed by atoms with van der Waals surface area (Å²) in [6, 6.07) is 0.0421. The van der Waals surface area contributed by atoms with E-state index in [0.29, 0.717) is 11.3 Å². The highest BCUT2D eigenvalue weighted by atomic mass is 19.4. The molecular weight excluding hydrogens is 261 g/mol. The molecule has 0 aliphatic heterocycles. The number of nitrogens with two attached hydrogens (primary N) is 1. The maximum Gasteiger partial charge on any atom is 0.406 e. The van der Waals surface area contributed by atoms with Crippen LogP contribution in [0.5, 0.6) is 0 Å². The number of hydrogen-bond donors (Lipinski definition) is 2. The van der Waals surface area contributed by atoms with Gasteiger partial charge in [0.1, 0.15) is 6.54 Å². The highest BCUT2D eigenvalue weighted by Crippen LogP contribution is 2.27. The molecule has 0 aromatic heterocycles. The molecule has 0 aromatic rings. The van der Waals surface area contributed by atoms with Gasteiger partial charge in [0.2, 0.25) is 5.91 Å². The fourth-order valence-electron chi connectivity index (χ4n) is 2.52. The second-order valence-corrected chi connectivity index (χ2v) is 5.15. The molecule has 3 N–H and O–H groups in total. The standard InChI is InChI=1S/C12H21F3N2O2/c13-12(14,15)8-17(4-5-18)11(19)7-9-2-1-3-10(16)6-9/h9-10,18H,1-8,16H2. The molecule has 0 saturated heterocycles. The van der Waals surface area contributed by atoms with Crippen LogP contribution in [0.2, 0.25) is 0 Å². The van der Waals surface area contributed by atoms with Gasteiger partial charge in [0, 0.05) is 19.0 Å². The quantitative estimate of drug-likeness (QED) is 0.798. The van der Waals surface area contributed by atoms with Crippen LogP contribution in [0.15, 0.2) is 0 Å². The predicted molar refractivity (Wildman–Crippen MR) is 64.3 cm³/mol. The Morgan fingerprint density at radius 1 is 1.37 bits per heavy atom. The van der Waals surface area contributed by atoms with Gasteiger partial charge < -0.3 is 15.7 Å². The minimum Gasteiger partial charge on any atom is -0.395 e. The summed E-state index contributed by atoms with van der Waals surface area (Å²) in [5.74, 6) is -0.490. The Bertz CT molecular complexity index is 297. The Labute approximate surface area is 110 Å². The third-order valence-corrected chi connectivity index (χ3v) is 3.38. The van der Waals surface area contributed by atoms with Gasteiger partial charge in [-0.25, -0.2) is 0 Å². The fourth-order valence-corrected chi connectivity index (χ4v) is 2.52. The highest BCUT2D eigenvalue weighted by molar-refractivity contribution is 5.76. The molecule has 1 rings (SSSR count). The maximum absolute atomic E-state index is 12.3. The van der Waals surface area contributed by atoms with Gasteiger partial charge in [-0.05, 0) is 25.2 Å². The van der Waals surface area contributed by atoms with Crippen LogP contribution >= 0.6 is 0 Å². The molecule has 0 heterocycles. The first-order valence-electron chi connectivity index (χ1n) is 6.53. The average Bonchev–Trinajstić information content (AvgIpc) is 2.26. The number of carbonyl (C=O) groups excluding carboxylic acids is 1. The molecule has 1 saturated carbocycles. The van der Waals surface area contributed by atoms with Crippen molar-refractivity contribution in [3.05, 3.63) is 0 Å². The van der Waals surface area contributed by atoms with E-state index in [1.165, 1.54) is 0 Å². The van der Waals surface area contributed by atoms with Crippen molar-refractivity contribution in [1.29, 1.82) is 0 Å². The second kappa shape index (κ2) is 7.09. The summed E-state index contributed by atoms with van der Waals surface area (Å²) in [6.07, 6.45) is -1.01. The molecule has 19 heavy (non-hydrogen) atoms. The van der Waals surface area contributed by atoms with Crippen molar-refractivity contribution < 1.29 is 23.1 Å². The number of halogens is 3. The number of hydrogen-bond acceptors (Lipinski definition) is 3. The summed E-state index contributed by atoms with van der Waals surface area (Å²) >= 11 is 0. The van der Waals surface area contributed by atoms with E-state index in [9.17, 15) is 18.0 Å². The molecule has 2 atom stereocenters. The molecule has 0 spiro atoms. The molecule has 1 amide bonds. The zero-order valence-electron chi connectivity index (χ0n) is 10.8. The van der Waals surface area contributed by atoms with Crippen LogP contribution in [0.1, 0.15) is 32.1 Å². The van der Waals surface area contributed by atoms with Crippen LogP contribution in [0, 0.1) is 5.92 Å². The first-order valence-corrected chi connectivity index (χ1v) is 6.53. The third kappa shape index (κ3) is 6.24. The minimum atomic E-state index is -4.44. The van der Waals surface area contributed by atoms with Crippen molar-refractivity contribution in [1.82, 2.24) is 4.90 Å². The van der Waals surface area contributed by atoms with E-state index in [-0.39, 0.29) is 24.9 Å². The monoisotopic (exact) mass is 282 g/mol. The number of amides is 1. The lowest BCUT2D eigenvalue weighted by molar-refractivity contribution is -0.162. The molecule has 4 nitrogen and oxygen atoms in total. The molecule has 112 valence electrons. The molecule has 1 aliphatic carbocycles. The summed E-state index contributed by atoms with van der Waals surface area (Å²) in [5, 5.41) is 8.75. The van der Waals surface area contributed by atoms with Gasteiger partial charge in [0.15, 0.2) is 0 Å². The summed E-state index contributed by atoms with van der Waals surface area (Å²) in [4.78, 5) is 12.5. The Kier molecular flexibility index (Phi) is 6.06. The number of aliphatic hydroxyl groups is 1. The van der Waals surface area contributed by atoms with Crippen molar-refractivity contribution in [3.63, 3.8) is 0 Å². The Hall–Kier alpha value is -0.820. The Morgan fingerprint density at radius 2 is 2.05 bits per heavy atom. The lowest BCUT2D eigenvalue weighted by Crippen LogP contribution is -2.42. The topological polar surface area (TPSA) is 66.6 Å². The predicted octanol–water partition coefficient (Wildman–Crippen LogP) is 1.28. The Balaban J connectivity index is 2.51. The number of alkyl halides is 3. The Morgan fingerprint density at radius 3 is 2.58 bits per heavy atom. The minimum absolute atomic E-state index is 0.0421. The van der Waals surface area contributed by atoms with Gasteiger partial charge in [-0.3, -0.25) is 4.79 Å². The lowest BCUT2D eigenvalue weighted by Gasteiger charge is -2.29. The van der Waals surface area contributed by atoms with E-state index in [4.69, 9.17) is 10.8 Å². The van der Waals surface area contributed by atoms with Crippen LogP contribution in [0.3, 0.4) is 0 Å². The largest absolute Gasteiger partial charge is 0.406 e. The molecule has 1 fully saturated rings. The van der Waals surface area contributed by atoms with E-state index in [1.807, 2.05) is 0 Å². The fraction of sp³-hybridized carbons (Fsp3) is 0.917. The normalized spacial score (nSPS) is 24.3. The van der Waals surface area contributed by atoms with Gasteiger partial charge in [0.25, 0.3) is 0 Å². The molecule has 1 aliphatic rings. The van der Waals surface area contributed by atoms with Crippen LogP contribution in [-0.4, -0.2) is 47.8 Å². The smallest absolute Gasteiger partial charge is 0.395 e. The highest BCUT2D eigenvalue weighted by Gasteiger charge is 2.33. The van der Waals surface area contributed by atoms with E-state index in [2.05, 4.69) is 0 Å². The van der Waals surface area contributed by atoms with Gasteiger partial charge in [-0.2, -0.15) is 13.2 Å². The number of nitrogens with zero attached hydrogens (tertiary/aromatic N) is 1. The van der Waals surface area contributed by atoms with E-state index >= 15 is 0 Å². The SMILES string of the molecule is NC1CCCC(CC(=O)N(CCO)CC(F)(F)F)C1. The van der Waals surface area contributed by atoms with Gasteiger partial charge in [-0.1, -0.05) is 6.42 Å². The van der Waals surface area contributed by atoms with Crippen molar-refractivity contribution >= 4 is 5.91 Å². The summed E-state index contributed by atoms with van der Waals surface area (Å²) in [6.45, 7) is -2.05. The summed E-state index contributed by atoms with van der Waals surface area (Å²) in [5.41, 5.74) is 5.79. The van der Waals surface area contributed by atoms with Crippen molar-refractivity contribution in [2.75, 3.05) is 19.7 Å². The van der Waals surface area contributed by atoms with Crippen LogP contribution in [0.25, 0.3) is 0 Å². The van der Waals surface area contributed by atoms with Crippen molar-refractivity contribution in [3.8, 4) is 0 Å². The lowest BCUT2D eigenvalue weighted by atomic mass is 9.84. The van der Waals surface area contributed by atoms with Gasteiger partial charge in [-0.15, -0.1) is 0 Å². The molecule has 2 unspecified atom stereocenters. The van der Waals surface area contributed by atoms with E-state index in [1.54, 1.807) is 0 Å². The maximum atomic E-state index is 12.3. The number of aliphatic hydroxyl groups excluding tert-OH is 1. The first-order chi connectivity index (χ1) is 8.81. The van der Waals surface area contributed by atoms with E-state index < -0.39 is 25.2 Å². The zero-order valence-corrected chi connectivity index (χ0v) is 10.8.